The number of fused-ring (bicyclic) bond motifs is 3. The summed E-state index contributed by atoms with van der Waals surface area (Å²) in [4.78, 5) is 2.54. The molecule has 4 rings (SSSR count). The summed E-state index contributed by atoms with van der Waals surface area (Å²) < 4.78 is 5.93. The second kappa shape index (κ2) is 9.96. The number of benzene rings is 2. The fourth-order valence-corrected chi connectivity index (χ4v) is 3.77. The van der Waals surface area contributed by atoms with Crippen molar-refractivity contribution < 1.29 is 14.8 Å². The van der Waals surface area contributed by atoms with Gasteiger partial charge in [0.25, 0.3) is 0 Å². The minimum Gasteiger partial charge on any atom is -0.491 e. The molecule has 0 saturated carbocycles. The zero-order valence-corrected chi connectivity index (χ0v) is 16.8. The van der Waals surface area contributed by atoms with Crippen LogP contribution in [-0.4, -0.2) is 49.4 Å². The summed E-state index contributed by atoms with van der Waals surface area (Å²) in [5.41, 5.74) is 3.26. The van der Waals surface area contributed by atoms with E-state index in [9.17, 15) is 0 Å². The van der Waals surface area contributed by atoms with Crippen LogP contribution in [0.3, 0.4) is 0 Å². The molecule has 0 spiro atoms. The number of hydrogen-bond acceptors (Lipinski definition) is 5. The van der Waals surface area contributed by atoms with Gasteiger partial charge in [0.1, 0.15) is 5.75 Å². The lowest BCUT2D eigenvalue weighted by atomic mass is 9.81. The standard InChI is InChI=1S/C16H24N2O.C6H7BO2/c1-12(2)9-13-3-4-16-15(10-13)18-7-6-17-11-14(18)5-8-19-16;8-7(9)6-4-2-1-3-5-6/h3-4,10,12,14,17H,5-9,11H2,1-2H3;1-5,8-9H/t14-;/m0./s1. The van der Waals surface area contributed by atoms with Crippen LogP contribution in [0.5, 0.6) is 5.75 Å². The third-order valence-corrected chi connectivity index (χ3v) is 5.13. The molecule has 2 aromatic rings. The first-order valence-corrected chi connectivity index (χ1v) is 10.2. The number of nitrogens with one attached hydrogen (secondary N) is 1. The molecule has 0 amide bonds. The second-order valence-electron chi connectivity index (χ2n) is 7.87. The van der Waals surface area contributed by atoms with Gasteiger partial charge in [0, 0.05) is 32.1 Å². The van der Waals surface area contributed by atoms with E-state index in [2.05, 4.69) is 42.3 Å². The lowest BCUT2D eigenvalue weighted by Gasteiger charge is -2.36. The number of piperazine rings is 1. The molecular formula is C22H31BN2O3. The van der Waals surface area contributed by atoms with E-state index in [4.69, 9.17) is 14.8 Å². The number of rotatable bonds is 3. The van der Waals surface area contributed by atoms with Gasteiger partial charge in [-0.15, -0.1) is 0 Å². The van der Waals surface area contributed by atoms with Crippen LogP contribution in [0.25, 0.3) is 0 Å². The average Bonchev–Trinajstić information content (AvgIpc) is 2.88. The first-order valence-electron chi connectivity index (χ1n) is 10.2. The van der Waals surface area contributed by atoms with E-state index in [-0.39, 0.29) is 0 Å². The van der Waals surface area contributed by atoms with Crippen molar-refractivity contribution in [3.63, 3.8) is 0 Å². The normalized spacial score (nSPS) is 18.2. The van der Waals surface area contributed by atoms with Gasteiger partial charge in [-0.3, -0.25) is 0 Å². The van der Waals surface area contributed by atoms with Gasteiger partial charge in [0.15, 0.2) is 0 Å². The van der Waals surface area contributed by atoms with E-state index in [1.807, 2.05) is 6.07 Å². The third-order valence-electron chi connectivity index (χ3n) is 5.13. The Labute approximate surface area is 168 Å². The van der Waals surface area contributed by atoms with Crippen molar-refractivity contribution in [2.45, 2.75) is 32.7 Å². The molecule has 3 N–H and O–H groups in total. The fraction of sp³-hybridized carbons (Fsp3) is 0.455. The Hall–Kier alpha value is -2.02. The topological polar surface area (TPSA) is 65.0 Å². The highest BCUT2D eigenvalue weighted by Crippen LogP contribution is 2.35. The molecule has 1 saturated heterocycles. The van der Waals surface area contributed by atoms with Gasteiger partial charge in [0.2, 0.25) is 0 Å². The molecule has 28 heavy (non-hydrogen) atoms. The minimum absolute atomic E-state index is 0.525. The monoisotopic (exact) mass is 382 g/mol. The molecule has 2 aliphatic rings. The molecule has 2 heterocycles. The predicted octanol–water partition coefficient (Wildman–Crippen LogP) is 1.81. The van der Waals surface area contributed by atoms with Crippen molar-refractivity contribution in [2.75, 3.05) is 31.1 Å². The van der Waals surface area contributed by atoms with Crippen LogP contribution >= 0.6 is 0 Å². The van der Waals surface area contributed by atoms with E-state index in [0.29, 0.717) is 17.4 Å². The molecule has 2 aliphatic heterocycles. The Morgan fingerprint density at radius 2 is 1.96 bits per heavy atom. The first-order chi connectivity index (χ1) is 13.5. The van der Waals surface area contributed by atoms with E-state index >= 15 is 0 Å². The highest BCUT2D eigenvalue weighted by molar-refractivity contribution is 6.58. The summed E-state index contributed by atoms with van der Waals surface area (Å²) in [6.45, 7) is 8.62. The van der Waals surface area contributed by atoms with Gasteiger partial charge in [0.05, 0.1) is 12.3 Å². The molecule has 2 aromatic carbocycles. The Balaban J connectivity index is 0.000000211. The summed E-state index contributed by atoms with van der Waals surface area (Å²) in [5, 5.41) is 20.7. The van der Waals surface area contributed by atoms with Crippen LogP contribution in [0.2, 0.25) is 0 Å². The predicted molar refractivity (Wildman–Crippen MR) is 115 cm³/mol. The lowest BCUT2D eigenvalue weighted by Crippen LogP contribution is -2.51. The van der Waals surface area contributed by atoms with Crippen molar-refractivity contribution in [3.05, 3.63) is 54.1 Å². The number of anilines is 1. The van der Waals surface area contributed by atoms with Crippen molar-refractivity contribution in [3.8, 4) is 5.75 Å². The molecular weight excluding hydrogens is 351 g/mol. The molecule has 0 bridgehead atoms. The van der Waals surface area contributed by atoms with E-state index in [0.717, 1.165) is 44.8 Å². The summed E-state index contributed by atoms with van der Waals surface area (Å²) >= 11 is 0. The van der Waals surface area contributed by atoms with Crippen molar-refractivity contribution in [2.24, 2.45) is 5.92 Å². The Bertz CT molecular complexity index is 740. The van der Waals surface area contributed by atoms with Gasteiger partial charge in [-0.05, 0) is 35.5 Å². The van der Waals surface area contributed by atoms with Gasteiger partial charge in [-0.2, -0.15) is 0 Å². The summed E-state index contributed by atoms with van der Waals surface area (Å²) in [7, 11) is -1.34. The number of hydrogen-bond donors (Lipinski definition) is 3. The molecule has 6 heteroatoms. The van der Waals surface area contributed by atoms with Crippen LogP contribution in [0.1, 0.15) is 25.8 Å². The minimum atomic E-state index is -1.34. The van der Waals surface area contributed by atoms with Gasteiger partial charge in [-0.25, -0.2) is 0 Å². The largest absolute Gasteiger partial charge is 0.491 e. The molecule has 1 fully saturated rings. The van der Waals surface area contributed by atoms with Crippen molar-refractivity contribution in [1.29, 1.82) is 0 Å². The van der Waals surface area contributed by atoms with Crippen LogP contribution < -0.4 is 20.4 Å². The van der Waals surface area contributed by atoms with Gasteiger partial charge in [-0.1, -0.05) is 50.2 Å². The lowest BCUT2D eigenvalue weighted by molar-refractivity contribution is 0.304. The van der Waals surface area contributed by atoms with Gasteiger partial charge >= 0.3 is 7.12 Å². The molecule has 1 atom stereocenters. The average molecular weight is 382 g/mol. The van der Waals surface area contributed by atoms with E-state index in [1.165, 1.54) is 11.3 Å². The van der Waals surface area contributed by atoms with Crippen LogP contribution in [-0.2, 0) is 6.42 Å². The Morgan fingerprint density at radius 3 is 2.64 bits per heavy atom. The Morgan fingerprint density at radius 1 is 1.18 bits per heavy atom. The first kappa shape index (κ1) is 20.7. The third kappa shape index (κ3) is 5.50. The summed E-state index contributed by atoms with van der Waals surface area (Å²) in [6, 6.07) is 16.0. The highest BCUT2D eigenvalue weighted by Gasteiger charge is 2.27. The van der Waals surface area contributed by atoms with Crippen LogP contribution in [0, 0.1) is 5.92 Å². The highest BCUT2D eigenvalue weighted by atomic mass is 16.5. The molecule has 5 nitrogen and oxygen atoms in total. The van der Waals surface area contributed by atoms with Crippen molar-refractivity contribution >= 4 is 18.3 Å². The molecule has 0 radical (unpaired) electrons. The van der Waals surface area contributed by atoms with Crippen LogP contribution in [0.4, 0.5) is 5.69 Å². The van der Waals surface area contributed by atoms with E-state index in [1.54, 1.807) is 24.3 Å². The number of nitrogens with zero attached hydrogens (tertiary/aromatic N) is 1. The van der Waals surface area contributed by atoms with Crippen LogP contribution in [0.15, 0.2) is 48.5 Å². The number of ether oxygens (including phenoxy) is 1. The maximum Gasteiger partial charge on any atom is 0.488 e. The summed E-state index contributed by atoms with van der Waals surface area (Å²) in [5.74, 6) is 1.76. The van der Waals surface area contributed by atoms with Gasteiger partial charge < -0.3 is 25.0 Å². The quantitative estimate of drug-likeness (QED) is 0.707. The second-order valence-corrected chi connectivity index (χ2v) is 7.87. The molecule has 0 unspecified atom stereocenters. The Kier molecular flexibility index (Phi) is 7.37. The molecule has 0 aliphatic carbocycles. The SMILES string of the molecule is CC(C)Cc1ccc2c(c1)N1CCNC[C@@H]1CCO2.OB(O)c1ccccc1. The smallest absolute Gasteiger partial charge is 0.488 e. The zero-order valence-electron chi connectivity index (χ0n) is 16.8. The maximum absolute atomic E-state index is 8.58. The molecule has 150 valence electrons. The van der Waals surface area contributed by atoms with Crippen molar-refractivity contribution in [1.82, 2.24) is 5.32 Å². The summed E-state index contributed by atoms with van der Waals surface area (Å²) in [6.07, 6.45) is 2.26. The van der Waals surface area contributed by atoms with E-state index < -0.39 is 7.12 Å². The molecule has 0 aromatic heterocycles. The fourth-order valence-electron chi connectivity index (χ4n) is 3.77. The zero-order chi connectivity index (χ0) is 19.9. The maximum atomic E-state index is 8.58.